The van der Waals surface area contributed by atoms with Gasteiger partial charge in [0.15, 0.2) is 22.4 Å². The van der Waals surface area contributed by atoms with E-state index in [1.165, 1.54) is 19.2 Å². The van der Waals surface area contributed by atoms with Gasteiger partial charge in [0.25, 0.3) is 10.0 Å². The van der Waals surface area contributed by atoms with Gasteiger partial charge in [-0.1, -0.05) is 19.6 Å². The number of nitrogens with zero attached hydrogens (tertiary/aromatic N) is 6. The number of hydrogen-bond acceptors (Lipinski definition) is 8. The highest BCUT2D eigenvalue weighted by Crippen LogP contribution is 2.34. The molecule has 0 bridgehead atoms. The number of nitriles is 1. The van der Waals surface area contributed by atoms with Crippen molar-refractivity contribution in [1.29, 1.82) is 5.26 Å². The van der Waals surface area contributed by atoms with Gasteiger partial charge in [0.05, 0.1) is 35.6 Å². The molecule has 4 aromatic heterocycles. The minimum absolute atomic E-state index is 0.0445. The molecule has 5 rings (SSSR count). The predicted octanol–water partition coefficient (Wildman–Crippen LogP) is 5.53. The van der Waals surface area contributed by atoms with Crippen molar-refractivity contribution in [1.82, 2.24) is 23.9 Å². The first-order valence-corrected chi connectivity index (χ1v) is 18.6. The molecule has 15 heteroatoms. The molecular weight excluding hydrogens is 609 g/mol. The number of anilines is 1. The number of pyridine rings is 2. The van der Waals surface area contributed by atoms with Crippen molar-refractivity contribution in [2.24, 2.45) is 0 Å². The first kappa shape index (κ1) is 30.8. The van der Waals surface area contributed by atoms with Crippen LogP contribution in [0, 0.1) is 23.0 Å². The highest BCUT2D eigenvalue weighted by atomic mass is 32.2. The quantitative estimate of drug-likeness (QED) is 0.147. The maximum atomic E-state index is 15.8. The van der Waals surface area contributed by atoms with E-state index >= 15 is 8.78 Å². The van der Waals surface area contributed by atoms with Crippen LogP contribution in [0.5, 0.6) is 5.88 Å². The third-order valence-electron chi connectivity index (χ3n) is 6.73. The molecule has 0 fully saturated rings. The number of benzene rings is 1. The zero-order chi connectivity index (χ0) is 31.6. The van der Waals surface area contributed by atoms with Crippen molar-refractivity contribution in [2.45, 2.75) is 37.3 Å². The van der Waals surface area contributed by atoms with E-state index in [2.05, 4.69) is 39.3 Å². The number of sulfonamides is 1. The normalized spacial score (nSPS) is 11.9. The molecule has 5 aromatic rings. The zero-order valence-electron chi connectivity index (χ0n) is 24.4. The maximum absolute atomic E-state index is 15.8. The van der Waals surface area contributed by atoms with Crippen LogP contribution in [0.4, 0.5) is 14.5 Å². The lowest BCUT2D eigenvalue weighted by Gasteiger charge is -2.16. The molecule has 0 aliphatic carbocycles. The Kier molecular flexibility index (Phi) is 8.50. The molecular formula is C29H29F2N7O4SSi. The fraction of sp³-hybridized carbons (Fsp3) is 0.241. The molecule has 0 atom stereocenters. The second kappa shape index (κ2) is 12.2. The van der Waals surface area contributed by atoms with Crippen LogP contribution in [0.15, 0.2) is 66.2 Å². The van der Waals surface area contributed by atoms with E-state index in [0.29, 0.717) is 30.5 Å². The third-order valence-corrected chi connectivity index (χ3v) is 9.79. The summed E-state index contributed by atoms with van der Waals surface area (Å²) in [4.78, 5) is 12.3. The van der Waals surface area contributed by atoms with Crippen molar-refractivity contribution in [3.05, 3.63) is 78.5 Å². The Morgan fingerprint density at radius 1 is 1.05 bits per heavy atom. The molecule has 0 saturated heterocycles. The summed E-state index contributed by atoms with van der Waals surface area (Å²) in [7, 11) is -4.51. The summed E-state index contributed by atoms with van der Waals surface area (Å²) in [6.45, 7) is 7.78. The molecule has 44 heavy (non-hydrogen) atoms. The van der Waals surface area contributed by atoms with Gasteiger partial charge < -0.3 is 14.0 Å². The van der Waals surface area contributed by atoms with Gasteiger partial charge in [-0.3, -0.25) is 9.12 Å². The molecule has 0 unspecified atom stereocenters. The number of ether oxygens (including phenoxy) is 2. The van der Waals surface area contributed by atoms with Gasteiger partial charge in [0.1, 0.15) is 18.6 Å². The molecule has 0 spiro atoms. The van der Waals surface area contributed by atoms with Gasteiger partial charge in [-0.15, -0.1) is 0 Å². The summed E-state index contributed by atoms with van der Waals surface area (Å²) >= 11 is 0. The van der Waals surface area contributed by atoms with Crippen LogP contribution in [-0.2, 0) is 21.5 Å². The van der Waals surface area contributed by atoms with Gasteiger partial charge in [-0.25, -0.2) is 32.2 Å². The van der Waals surface area contributed by atoms with E-state index in [0.717, 1.165) is 30.4 Å². The number of rotatable bonds is 11. The monoisotopic (exact) mass is 637 g/mol. The zero-order valence-corrected chi connectivity index (χ0v) is 26.2. The molecule has 228 valence electrons. The highest BCUT2D eigenvalue weighted by molar-refractivity contribution is 7.92. The summed E-state index contributed by atoms with van der Waals surface area (Å²) in [5, 5.41) is 9.17. The highest BCUT2D eigenvalue weighted by Gasteiger charge is 2.25. The number of aromatic nitrogens is 5. The van der Waals surface area contributed by atoms with Gasteiger partial charge in [0, 0.05) is 39.5 Å². The standard InChI is InChI=1S/C29H29F2N7O4SSi/c1-41-29-24(13-19(15-32)16-35-29)43(39,40)36-23-6-5-22(30)25(26(23)31)20-7-9-38-21(14-20)17-34-28(38)27-33-8-10-37(27)18-42-11-12-44(2,3)4/h5-10,13-14,16-17,36H,11-12,18H2,1-4H3. The van der Waals surface area contributed by atoms with E-state index in [1.807, 2.05) is 4.57 Å². The lowest BCUT2D eigenvalue weighted by Crippen LogP contribution is -2.22. The lowest BCUT2D eigenvalue weighted by atomic mass is 10.0. The summed E-state index contributed by atoms with van der Waals surface area (Å²) in [5.41, 5.74) is -0.305. The van der Waals surface area contributed by atoms with E-state index in [-0.39, 0.29) is 17.0 Å². The Labute approximate surface area is 253 Å². The topological polar surface area (TPSA) is 136 Å². The fourth-order valence-electron chi connectivity index (χ4n) is 4.42. The van der Waals surface area contributed by atoms with Crippen LogP contribution in [0.25, 0.3) is 28.3 Å². The third kappa shape index (κ3) is 6.32. The maximum Gasteiger partial charge on any atom is 0.267 e. The molecule has 0 saturated carbocycles. The molecule has 1 N–H and O–H groups in total. The van der Waals surface area contributed by atoms with Crippen LogP contribution < -0.4 is 9.46 Å². The van der Waals surface area contributed by atoms with Gasteiger partial charge in [-0.2, -0.15) is 5.26 Å². The molecule has 0 aliphatic rings. The smallest absolute Gasteiger partial charge is 0.267 e. The molecule has 1 aromatic carbocycles. The first-order chi connectivity index (χ1) is 20.9. The number of imidazole rings is 2. The summed E-state index contributed by atoms with van der Waals surface area (Å²) in [5.74, 6) is -1.25. The minimum atomic E-state index is -4.48. The van der Waals surface area contributed by atoms with E-state index in [4.69, 9.17) is 14.7 Å². The number of fused-ring (bicyclic) bond motifs is 1. The van der Waals surface area contributed by atoms with Crippen molar-refractivity contribution in [2.75, 3.05) is 18.4 Å². The number of halogens is 2. The average molecular weight is 638 g/mol. The number of hydrogen-bond donors (Lipinski definition) is 1. The Morgan fingerprint density at radius 3 is 2.57 bits per heavy atom. The number of methoxy groups -OCH3 is 1. The van der Waals surface area contributed by atoms with Crippen LogP contribution in [-0.4, -0.2) is 54.1 Å². The van der Waals surface area contributed by atoms with Crippen molar-refractivity contribution < 1.29 is 26.7 Å². The van der Waals surface area contributed by atoms with Crippen molar-refractivity contribution in [3.63, 3.8) is 0 Å². The summed E-state index contributed by atoms with van der Waals surface area (Å²) < 4.78 is 73.7. The fourth-order valence-corrected chi connectivity index (χ4v) is 6.38. The lowest BCUT2D eigenvalue weighted by molar-refractivity contribution is 0.0882. The Hall–Kier alpha value is -4.65. The molecule has 0 radical (unpaired) electrons. The van der Waals surface area contributed by atoms with Gasteiger partial charge in [0.2, 0.25) is 5.88 Å². The molecule has 11 nitrogen and oxygen atoms in total. The summed E-state index contributed by atoms with van der Waals surface area (Å²) in [6, 6.07) is 8.85. The van der Waals surface area contributed by atoms with Crippen LogP contribution in [0.1, 0.15) is 5.56 Å². The Bertz CT molecular complexity index is 2000. The SMILES string of the molecule is COc1ncc(C#N)cc1S(=O)(=O)Nc1ccc(F)c(-c2ccn3c(-c4nccn4COCC[Si](C)(C)C)ncc3c2)c1F. The van der Waals surface area contributed by atoms with Crippen molar-refractivity contribution in [3.8, 4) is 34.7 Å². The largest absolute Gasteiger partial charge is 0.480 e. The van der Waals surface area contributed by atoms with E-state index in [1.54, 1.807) is 35.3 Å². The van der Waals surface area contributed by atoms with Crippen LogP contribution in [0.3, 0.4) is 0 Å². The second-order valence-electron chi connectivity index (χ2n) is 11.1. The minimum Gasteiger partial charge on any atom is -0.480 e. The molecule has 4 heterocycles. The Morgan fingerprint density at radius 2 is 1.84 bits per heavy atom. The first-order valence-electron chi connectivity index (χ1n) is 13.4. The van der Waals surface area contributed by atoms with Crippen LogP contribution >= 0.6 is 0 Å². The Balaban J connectivity index is 1.45. The second-order valence-corrected chi connectivity index (χ2v) is 18.4. The van der Waals surface area contributed by atoms with Crippen LogP contribution in [0.2, 0.25) is 25.7 Å². The predicted molar refractivity (Wildman–Crippen MR) is 162 cm³/mol. The number of nitrogens with one attached hydrogen (secondary N) is 1. The van der Waals surface area contributed by atoms with E-state index < -0.39 is 45.9 Å². The van der Waals surface area contributed by atoms with Gasteiger partial charge in [-0.05, 0) is 41.9 Å². The average Bonchev–Trinajstić information content (AvgIpc) is 3.62. The van der Waals surface area contributed by atoms with E-state index in [9.17, 15) is 8.42 Å². The molecule has 0 amide bonds. The van der Waals surface area contributed by atoms with Gasteiger partial charge >= 0.3 is 0 Å². The summed E-state index contributed by atoms with van der Waals surface area (Å²) in [6.07, 6.45) is 7.74. The molecule has 0 aliphatic heterocycles. The van der Waals surface area contributed by atoms with Crippen molar-refractivity contribution >= 4 is 29.3 Å².